The van der Waals surface area contributed by atoms with Gasteiger partial charge in [0, 0.05) is 34.3 Å². The molecule has 10 heteroatoms. The summed E-state index contributed by atoms with van der Waals surface area (Å²) >= 11 is 0. The number of amides is 1. The average molecular weight is 464 g/mol. The van der Waals surface area contributed by atoms with Crippen LogP contribution in [0, 0.1) is 10.1 Å². The maximum Gasteiger partial charge on any atom is 0.278 e. The molecule has 2 aromatic heterocycles. The number of carbonyl (C=O) groups is 1. The number of hydrogen-bond acceptors (Lipinski definition) is 8. The first kappa shape index (κ1) is 21.6. The van der Waals surface area contributed by atoms with Crippen molar-refractivity contribution in [1.82, 2.24) is 20.6 Å². The molecule has 170 valence electrons. The van der Waals surface area contributed by atoms with Crippen LogP contribution in [0.1, 0.15) is 15.9 Å². The number of hydrazone groups is 1. The van der Waals surface area contributed by atoms with Gasteiger partial charge in [-0.25, -0.2) is 5.43 Å². The average Bonchev–Trinajstić information content (AvgIpc) is 3.39. The van der Waals surface area contributed by atoms with Crippen molar-refractivity contribution < 1.29 is 14.1 Å². The number of nitro benzene ring substituents is 1. The summed E-state index contributed by atoms with van der Waals surface area (Å²) in [6.07, 6.45) is 2.96. The molecule has 1 N–H and O–H groups in total. The predicted octanol–water partition coefficient (Wildman–Crippen LogP) is 4.62. The molecule has 0 aliphatic rings. The Bertz CT molecular complexity index is 1580. The number of aromatic nitrogens is 3. The lowest BCUT2D eigenvalue weighted by Crippen LogP contribution is -2.17. The largest absolute Gasteiger partial charge is 0.416 e. The molecule has 5 rings (SSSR count). The Morgan fingerprint density at radius 1 is 0.943 bits per heavy atom. The molecule has 0 saturated heterocycles. The van der Waals surface area contributed by atoms with Crippen LogP contribution in [0.15, 0.2) is 94.6 Å². The number of carbonyl (C=O) groups excluding carboxylic acids is 1. The lowest BCUT2D eigenvalue weighted by atomic mass is 10.1. The zero-order valence-corrected chi connectivity index (χ0v) is 18.0. The van der Waals surface area contributed by atoms with Gasteiger partial charge in [-0.1, -0.05) is 18.2 Å². The molecular weight excluding hydrogens is 448 g/mol. The Hall–Kier alpha value is -5.25. The van der Waals surface area contributed by atoms with Crippen LogP contribution in [0.25, 0.3) is 33.8 Å². The molecule has 0 aliphatic carbocycles. The smallest absolute Gasteiger partial charge is 0.278 e. The van der Waals surface area contributed by atoms with Gasteiger partial charge in [-0.2, -0.15) is 5.10 Å². The Labute approximate surface area is 198 Å². The number of pyridine rings is 1. The van der Waals surface area contributed by atoms with Crippen LogP contribution in [0.5, 0.6) is 0 Å². The molecule has 0 unspecified atom stereocenters. The third-order valence-corrected chi connectivity index (χ3v) is 5.17. The van der Waals surface area contributed by atoms with Crippen molar-refractivity contribution in [1.29, 1.82) is 0 Å². The summed E-state index contributed by atoms with van der Waals surface area (Å²) in [6, 6.07) is 22.2. The lowest BCUT2D eigenvalue weighted by molar-refractivity contribution is -0.385. The third-order valence-electron chi connectivity index (χ3n) is 5.17. The minimum Gasteiger partial charge on any atom is -0.416 e. The number of hydrogen-bond donors (Lipinski definition) is 1. The first-order valence-electron chi connectivity index (χ1n) is 10.4. The molecule has 1 amide bonds. The Morgan fingerprint density at radius 3 is 2.49 bits per heavy atom. The molecule has 0 atom stereocenters. The van der Waals surface area contributed by atoms with E-state index in [1.54, 1.807) is 42.6 Å². The number of fused-ring (bicyclic) bond motifs is 1. The molecule has 3 aromatic carbocycles. The Kier molecular flexibility index (Phi) is 5.75. The summed E-state index contributed by atoms with van der Waals surface area (Å²) in [4.78, 5) is 27.2. The van der Waals surface area contributed by atoms with E-state index in [4.69, 9.17) is 4.42 Å². The normalized spacial score (nSPS) is 11.1. The van der Waals surface area contributed by atoms with Crippen LogP contribution in [0.4, 0.5) is 5.69 Å². The van der Waals surface area contributed by atoms with Crippen molar-refractivity contribution in [3.8, 4) is 22.9 Å². The van der Waals surface area contributed by atoms with E-state index >= 15 is 0 Å². The van der Waals surface area contributed by atoms with Gasteiger partial charge in [-0.05, 0) is 54.6 Å². The van der Waals surface area contributed by atoms with Crippen molar-refractivity contribution in [2.24, 2.45) is 5.10 Å². The molecule has 0 saturated carbocycles. The second kappa shape index (κ2) is 9.32. The van der Waals surface area contributed by atoms with Gasteiger partial charge in [0.1, 0.15) is 0 Å². The summed E-state index contributed by atoms with van der Waals surface area (Å²) in [7, 11) is 0. The van der Waals surface area contributed by atoms with Gasteiger partial charge >= 0.3 is 0 Å². The summed E-state index contributed by atoms with van der Waals surface area (Å²) in [5, 5.41) is 24.1. The summed E-state index contributed by atoms with van der Waals surface area (Å²) in [5.41, 5.74) is 5.18. The Balaban J connectivity index is 1.28. The number of nitrogens with zero attached hydrogens (tertiary/aromatic N) is 5. The van der Waals surface area contributed by atoms with Crippen molar-refractivity contribution >= 4 is 28.7 Å². The van der Waals surface area contributed by atoms with E-state index in [0.717, 1.165) is 16.5 Å². The summed E-state index contributed by atoms with van der Waals surface area (Å²) in [5.74, 6) is 0.215. The highest BCUT2D eigenvalue weighted by atomic mass is 16.6. The van der Waals surface area contributed by atoms with Gasteiger partial charge in [0.15, 0.2) is 0 Å². The van der Waals surface area contributed by atoms with Gasteiger partial charge < -0.3 is 4.42 Å². The van der Waals surface area contributed by atoms with Crippen molar-refractivity contribution in [2.75, 3.05) is 0 Å². The number of rotatable bonds is 6. The van der Waals surface area contributed by atoms with Crippen LogP contribution in [0.3, 0.4) is 0 Å². The van der Waals surface area contributed by atoms with E-state index in [1.165, 1.54) is 18.3 Å². The Morgan fingerprint density at radius 2 is 1.69 bits per heavy atom. The zero-order valence-electron chi connectivity index (χ0n) is 18.0. The fourth-order valence-corrected chi connectivity index (χ4v) is 3.42. The van der Waals surface area contributed by atoms with Crippen LogP contribution in [-0.4, -0.2) is 32.2 Å². The number of benzene rings is 3. The van der Waals surface area contributed by atoms with E-state index < -0.39 is 10.8 Å². The first-order valence-corrected chi connectivity index (χ1v) is 10.4. The molecule has 0 spiro atoms. The highest BCUT2D eigenvalue weighted by molar-refractivity contribution is 5.95. The second-order valence-electron chi connectivity index (χ2n) is 7.42. The molecule has 0 aliphatic heterocycles. The fraction of sp³-hybridized carbons (Fsp3) is 0. The predicted molar refractivity (Wildman–Crippen MR) is 129 cm³/mol. The number of para-hydroxylation sites is 1. The van der Waals surface area contributed by atoms with Crippen LogP contribution in [-0.2, 0) is 0 Å². The highest BCUT2D eigenvalue weighted by Gasteiger charge is 2.13. The van der Waals surface area contributed by atoms with E-state index in [2.05, 4.69) is 25.7 Å². The fourth-order valence-electron chi connectivity index (χ4n) is 3.42. The minimum atomic E-state index is -0.512. The molecule has 10 nitrogen and oxygen atoms in total. The first-order chi connectivity index (χ1) is 17.1. The quantitative estimate of drug-likeness (QED) is 0.220. The third kappa shape index (κ3) is 4.62. The molecular formula is C25H16N6O4. The topological polar surface area (TPSA) is 136 Å². The van der Waals surface area contributed by atoms with Gasteiger partial charge in [-0.3, -0.25) is 19.9 Å². The summed E-state index contributed by atoms with van der Waals surface area (Å²) < 4.78 is 5.83. The number of nitrogens with one attached hydrogen (secondary N) is 1. The standard InChI is InChI=1S/C25H16N6O4/c32-23(28-27-15-20-4-1-2-6-22(20)31(33)34)16-7-9-17(10-8-16)24-29-30-25(35-24)19-11-12-21-18(14-19)5-3-13-26-21/h1-15H,(H,28,32)/b27-15+. The molecule has 35 heavy (non-hydrogen) atoms. The number of nitro groups is 1. The monoisotopic (exact) mass is 464 g/mol. The van der Waals surface area contributed by atoms with Crippen molar-refractivity contribution in [3.63, 3.8) is 0 Å². The van der Waals surface area contributed by atoms with E-state index in [0.29, 0.717) is 22.9 Å². The molecule has 2 heterocycles. The van der Waals surface area contributed by atoms with E-state index in [9.17, 15) is 14.9 Å². The van der Waals surface area contributed by atoms with Crippen molar-refractivity contribution in [2.45, 2.75) is 0 Å². The molecule has 0 radical (unpaired) electrons. The second-order valence-corrected chi connectivity index (χ2v) is 7.42. The molecule has 5 aromatic rings. The van der Waals surface area contributed by atoms with Crippen LogP contribution >= 0.6 is 0 Å². The van der Waals surface area contributed by atoms with E-state index in [-0.39, 0.29) is 11.3 Å². The summed E-state index contributed by atoms with van der Waals surface area (Å²) in [6.45, 7) is 0. The van der Waals surface area contributed by atoms with Gasteiger partial charge in [0.2, 0.25) is 11.8 Å². The maximum atomic E-state index is 12.4. The van der Waals surface area contributed by atoms with Crippen molar-refractivity contribution in [3.05, 3.63) is 106 Å². The minimum absolute atomic E-state index is 0.103. The van der Waals surface area contributed by atoms with Crippen LogP contribution in [0.2, 0.25) is 0 Å². The van der Waals surface area contributed by atoms with Gasteiger partial charge in [-0.15, -0.1) is 10.2 Å². The van der Waals surface area contributed by atoms with E-state index in [1.807, 2.05) is 30.3 Å². The highest BCUT2D eigenvalue weighted by Crippen LogP contribution is 2.26. The van der Waals surface area contributed by atoms with Gasteiger partial charge in [0.05, 0.1) is 22.2 Å². The molecule has 0 fully saturated rings. The van der Waals surface area contributed by atoms with Crippen LogP contribution < -0.4 is 5.43 Å². The zero-order chi connectivity index (χ0) is 24.2. The lowest BCUT2D eigenvalue weighted by Gasteiger charge is -2.01. The SMILES string of the molecule is O=C(N/N=C/c1ccccc1[N+](=O)[O-])c1ccc(-c2nnc(-c3ccc4ncccc4c3)o2)cc1. The van der Waals surface area contributed by atoms with Gasteiger partial charge in [0.25, 0.3) is 11.6 Å². The molecule has 0 bridgehead atoms. The maximum absolute atomic E-state index is 12.4.